The molecule has 9 heteroatoms. The Morgan fingerprint density at radius 1 is 1.24 bits per heavy atom. The number of fused-ring (bicyclic) bond motifs is 2. The highest BCUT2D eigenvalue weighted by atomic mass is 35.5. The van der Waals surface area contributed by atoms with Gasteiger partial charge in [-0.25, -0.2) is 14.4 Å². The molecule has 7 rings (SSSR count). The molecule has 3 atom stereocenters. The molecule has 0 bridgehead atoms. The number of anilines is 1. The number of hydrogen-bond donors (Lipinski definition) is 0. The van der Waals surface area contributed by atoms with Crippen molar-refractivity contribution in [3.8, 4) is 0 Å². The third-order valence-corrected chi connectivity index (χ3v) is 10.3. The zero-order chi connectivity index (χ0) is 25.9. The van der Waals surface area contributed by atoms with Crippen LogP contribution in [0.5, 0.6) is 0 Å². The SMILES string of the molecule is O=C(CC1=C=C=C(OCC2[C@@H]3CC23C2CCN(c3ncc(Cl)cn3)CC2)C=C1F)N1CCc2sccc2C1. The lowest BCUT2D eigenvalue weighted by Crippen LogP contribution is -2.37. The van der Waals surface area contributed by atoms with Crippen molar-refractivity contribution < 1.29 is 13.9 Å². The molecule has 2 aromatic rings. The van der Waals surface area contributed by atoms with E-state index in [1.54, 1.807) is 28.6 Å². The van der Waals surface area contributed by atoms with E-state index in [1.807, 2.05) is 0 Å². The first-order valence-electron chi connectivity index (χ1n) is 13.3. The van der Waals surface area contributed by atoms with Crippen LogP contribution in [0.3, 0.4) is 0 Å². The minimum atomic E-state index is -0.451. The molecule has 2 unspecified atom stereocenters. The van der Waals surface area contributed by atoms with Crippen LogP contribution in [0.4, 0.5) is 10.3 Å². The second-order valence-electron chi connectivity index (χ2n) is 11.0. The zero-order valence-electron chi connectivity index (χ0n) is 21.0. The number of ether oxygens (including phenoxy) is 1. The topological polar surface area (TPSA) is 58.6 Å². The van der Waals surface area contributed by atoms with E-state index in [2.05, 4.69) is 37.8 Å². The van der Waals surface area contributed by atoms with Gasteiger partial charge in [0.2, 0.25) is 11.9 Å². The largest absolute Gasteiger partial charge is 0.485 e. The van der Waals surface area contributed by atoms with Gasteiger partial charge in [-0.3, -0.25) is 4.79 Å². The molecule has 3 fully saturated rings. The summed E-state index contributed by atoms with van der Waals surface area (Å²) < 4.78 is 20.8. The Bertz CT molecular complexity index is 1420. The predicted molar refractivity (Wildman–Crippen MR) is 143 cm³/mol. The first-order valence-corrected chi connectivity index (χ1v) is 14.6. The van der Waals surface area contributed by atoms with E-state index in [1.165, 1.54) is 22.9 Å². The normalized spacial score (nSPS) is 27.7. The average Bonchev–Trinajstić information content (AvgIpc) is 3.75. The second kappa shape index (κ2) is 9.39. The van der Waals surface area contributed by atoms with Crippen LogP contribution in [0.25, 0.3) is 0 Å². The van der Waals surface area contributed by atoms with Gasteiger partial charge in [-0.1, -0.05) is 17.3 Å². The molecule has 2 aromatic heterocycles. The lowest BCUT2D eigenvalue weighted by Gasteiger charge is -2.34. The van der Waals surface area contributed by atoms with Crippen molar-refractivity contribution in [1.29, 1.82) is 0 Å². The van der Waals surface area contributed by atoms with Gasteiger partial charge in [-0.2, -0.15) is 0 Å². The first kappa shape index (κ1) is 24.2. The van der Waals surface area contributed by atoms with Crippen LogP contribution >= 0.6 is 22.9 Å². The molecule has 2 aliphatic heterocycles. The molecule has 4 heterocycles. The lowest BCUT2D eigenvalue weighted by atomic mass is 9.84. The van der Waals surface area contributed by atoms with Crippen molar-refractivity contribution in [1.82, 2.24) is 14.9 Å². The van der Waals surface area contributed by atoms with E-state index < -0.39 is 5.83 Å². The van der Waals surface area contributed by atoms with E-state index in [4.69, 9.17) is 16.3 Å². The summed E-state index contributed by atoms with van der Waals surface area (Å²) in [4.78, 5) is 26.9. The Hall–Kier alpha value is -2.89. The molecule has 0 spiro atoms. The van der Waals surface area contributed by atoms with Crippen molar-refractivity contribution in [2.24, 2.45) is 23.2 Å². The summed E-state index contributed by atoms with van der Waals surface area (Å²) in [5.41, 5.74) is 7.65. The molecule has 0 radical (unpaired) electrons. The molecule has 6 nitrogen and oxygen atoms in total. The third kappa shape index (κ3) is 4.30. The van der Waals surface area contributed by atoms with E-state index in [0.717, 1.165) is 44.2 Å². The van der Waals surface area contributed by atoms with Crippen molar-refractivity contribution >= 4 is 34.8 Å². The molecule has 5 aliphatic rings. The van der Waals surface area contributed by atoms with Crippen LogP contribution in [-0.2, 0) is 22.5 Å². The van der Waals surface area contributed by atoms with Gasteiger partial charge < -0.3 is 14.5 Å². The van der Waals surface area contributed by atoms with E-state index in [-0.39, 0.29) is 17.9 Å². The smallest absolute Gasteiger partial charge is 0.228 e. The maximum atomic E-state index is 14.8. The third-order valence-electron chi connectivity index (χ3n) is 9.10. The van der Waals surface area contributed by atoms with E-state index in [0.29, 0.717) is 47.7 Å². The van der Waals surface area contributed by atoms with Crippen LogP contribution < -0.4 is 4.90 Å². The molecular formula is C29H28ClFN4O2S. The van der Waals surface area contributed by atoms with Crippen molar-refractivity contribution in [3.63, 3.8) is 0 Å². The number of nitrogens with zero attached hydrogens (tertiary/aromatic N) is 4. The average molecular weight is 551 g/mol. The molecule has 3 aliphatic carbocycles. The number of carbonyl (C=O) groups is 1. The maximum Gasteiger partial charge on any atom is 0.228 e. The van der Waals surface area contributed by atoms with Gasteiger partial charge in [0.05, 0.1) is 30.4 Å². The van der Waals surface area contributed by atoms with Gasteiger partial charge in [0, 0.05) is 48.6 Å². The highest BCUT2D eigenvalue weighted by Gasteiger charge is 2.80. The molecule has 0 aromatic carbocycles. The Morgan fingerprint density at radius 2 is 2.05 bits per heavy atom. The number of thiophene rings is 1. The van der Waals surface area contributed by atoms with Crippen LogP contribution in [0, 0.1) is 23.2 Å². The van der Waals surface area contributed by atoms with Crippen molar-refractivity contribution in [2.75, 3.05) is 31.1 Å². The first-order chi connectivity index (χ1) is 18.5. The van der Waals surface area contributed by atoms with Gasteiger partial charge in [-0.15, -0.1) is 11.3 Å². The summed E-state index contributed by atoms with van der Waals surface area (Å²) in [6.45, 7) is 3.77. The number of piperidine rings is 1. The molecule has 2 saturated carbocycles. The number of aromatic nitrogens is 2. The van der Waals surface area contributed by atoms with Crippen LogP contribution in [0.2, 0.25) is 5.02 Å². The fourth-order valence-electron chi connectivity index (χ4n) is 6.76. The summed E-state index contributed by atoms with van der Waals surface area (Å²) >= 11 is 7.65. The van der Waals surface area contributed by atoms with Gasteiger partial charge >= 0.3 is 0 Å². The van der Waals surface area contributed by atoms with E-state index in [9.17, 15) is 9.18 Å². The molecule has 1 saturated heterocycles. The van der Waals surface area contributed by atoms with Crippen LogP contribution in [0.15, 0.2) is 58.5 Å². The predicted octanol–water partition coefficient (Wildman–Crippen LogP) is 5.47. The second-order valence-corrected chi connectivity index (χ2v) is 12.4. The van der Waals surface area contributed by atoms with Gasteiger partial charge in [0.25, 0.3) is 0 Å². The highest BCUT2D eigenvalue weighted by molar-refractivity contribution is 7.10. The summed E-state index contributed by atoms with van der Waals surface area (Å²) in [6.07, 6.45) is 9.04. The van der Waals surface area contributed by atoms with Gasteiger partial charge in [0.15, 0.2) is 5.76 Å². The standard InChI is InChI=1S/C29H28ClFN4O2S/c30-21-14-32-28(33-15-21)34-7-3-20(4-8-34)29-13-23(29)24(29)17-37-22-2-1-18(25(31)12-22)11-27(36)35-9-5-26-19(16-35)6-10-38-26/h6,10,12,14-15,20,23-24H,3-5,7-9,11,13,16-17H2/t23-,24?,29?/m0/s1. The fraction of sp³-hybridized carbons (Fsp3) is 0.483. The Labute approximate surface area is 230 Å². The summed E-state index contributed by atoms with van der Waals surface area (Å²) in [5, 5.41) is 2.62. The van der Waals surface area contributed by atoms with Gasteiger partial charge in [0.1, 0.15) is 5.83 Å². The zero-order valence-corrected chi connectivity index (χ0v) is 22.5. The fourth-order valence-corrected chi connectivity index (χ4v) is 7.75. The maximum absolute atomic E-state index is 14.8. The Balaban J connectivity index is 0.920. The minimum absolute atomic E-state index is 0.00431. The molecule has 196 valence electrons. The van der Waals surface area contributed by atoms with E-state index >= 15 is 0 Å². The number of allylic oxidation sites excluding steroid dienone is 2. The molecular weight excluding hydrogens is 523 g/mol. The van der Waals surface area contributed by atoms with Gasteiger partial charge in [-0.05, 0) is 65.7 Å². The van der Waals surface area contributed by atoms with Crippen molar-refractivity contribution in [3.05, 3.63) is 74.0 Å². The minimum Gasteiger partial charge on any atom is -0.485 e. The van der Waals surface area contributed by atoms with Crippen LogP contribution in [0.1, 0.15) is 36.1 Å². The number of halogens is 2. The number of carbonyl (C=O) groups excluding carboxylic acids is 1. The molecule has 1 amide bonds. The summed E-state index contributed by atoms with van der Waals surface area (Å²) in [5.74, 6) is 2.54. The Kier molecular flexibility index (Phi) is 5.97. The quantitative estimate of drug-likeness (QED) is 0.428. The highest BCUT2D eigenvalue weighted by Crippen LogP contribution is 2.84. The lowest BCUT2D eigenvalue weighted by molar-refractivity contribution is -0.131. The Morgan fingerprint density at radius 3 is 2.82 bits per heavy atom. The summed E-state index contributed by atoms with van der Waals surface area (Å²) in [6, 6.07) is 2.07. The number of hydrogen-bond acceptors (Lipinski definition) is 6. The molecule has 38 heavy (non-hydrogen) atoms. The summed E-state index contributed by atoms with van der Waals surface area (Å²) in [7, 11) is 0. The van der Waals surface area contributed by atoms with Crippen molar-refractivity contribution in [2.45, 2.75) is 38.6 Å². The monoisotopic (exact) mass is 550 g/mol. The van der Waals surface area contributed by atoms with Crippen LogP contribution in [-0.4, -0.2) is 47.0 Å². The number of rotatable bonds is 7. The molecule has 0 N–H and O–H groups in total. The number of amides is 1.